The van der Waals surface area contributed by atoms with E-state index in [0.717, 1.165) is 22.3 Å². The van der Waals surface area contributed by atoms with Gasteiger partial charge in [0, 0.05) is 17.5 Å². The van der Waals surface area contributed by atoms with E-state index in [1.807, 2.05) is 62.4 Å². The van der Waals surface area contributed by atoms with Gasteiger partial charge in [0.05, 0.1) is 6.42 Å². The molecule has 4 rings (SSSR count). The van der Waals surface area contributed by atoms with E-state index in [-0.39, 0.29) is 18.7 Å². The number of hydrogen-bond donors (Lipinski definition) is 0. The van der Waals surface area contributed by atoms with Crippen molar-refractivity contribution in [2.45, 2.75) is 39.7 Å². The molecule has 2 aromatic carbocycles. The molecule has 4 aromatic rings. The smallest absolute Gasteiger partial charge is 0.307 e. The minimum Gasteiger partial charge on any atom is -0.453 e. The molecule has 1 unspecified atom stereocenters. The fourth-order valence-corrected chi connectivity index (χ4v) is 2.90. The molecule has 0 amide bonds. The number of carbonyl (C=O) groups is 1. The van der Waals surface area contributed by atoms with E-state index in [2.05, 4.69) is 20.3 Å². The first-order chi connectivity index (χ1) is 15.0. The van der Waals surface area contributed by atoms with Gasteiger partial charge in [-0.15, -0.1) is 10.2 Å². The van der Waals surface area contributed by atoms with Crippen molar-refractivity contribution in [2.24, 2.45) is 0 Å². The molecule has 1 atom stereocenters. The van der Waals surface area contributed by atoms with Crippen LogP contribution in [0.15, 0.2) is 57.5 Å². The van der Waals surface area contributed by atoms with E-state index < -0.39 is 12.1 Å². The van der Waals surface area contributed by atoms with Gasteiger partial charge in [-0.2, -0.15) is 4.98 Å². The molecule has 8 heteroatoms. The maximum Gasteiger partial charge on any atom is 0.307 e. The largest absolute Gasteiger partial charge is 0.453 e. The topological polar surface area (TPSA) is 104 Å². The van der Waals surface area contributed by atoms with E-state index in [0.29, 0.717) is 17.6 Å². The number of ether oxygens (including phenoxy) is 1. The second-order valence-electron chi connectivity index (χ2n) is 7.32. The Morgan fingerprint density at radius 1 is 0.968 bits per heavy atom. The predicted octanol–water partition coefficient (Wildman–Crippen LogP) is 4.64. The molecule has 0 N–H and O–H groups in total. The SMILES string of the molecule is Cc1ccc(-c2noc(CCC(=O)OC(C)c3nnc(-c4ccc(C)cc4)o3)n2)cc1. The van der Waals surface area contributed by atoms with Crippen LogP contribution in [0, 0.1) is 13.8 Å². The quantitative estimate of drug-likeness (QED) is 0.400. The van der Waals surface area contributed by atoms with Gasteiger partial charge in [0.15, 0.2) is 6.10 Å². The molecule has 0 radical (unpaired) electrons. The van der Waals surface area contributed by atoms with Crippen molar-refractivity contribution in [2.75, 3.05) is 0 Å². The molecule has 0 aliphatic rings. The number of nitrogens with zero attached hydrogens (tertiary/aromatic N) is 4. The van der Waals surface area contributed by atoms with E-state index in [9.17, 15) is 4.79 Å². The predicted molar refractivity (Wildman–Crippen MR) is 112 cm³/mol. The number of rotatable bonds is 7. The van der Waals surface area contributed by atoms with Crippen LogP contribution in [-0.4, -0.2) is 26.3 Å². The summed E-state index contributed by atoms with van der Waals surface area (Å²) < 4.78 is 16.3. The van der Waals surface area contributed by atoms with Gasteiger partial charge in [0.2, 0.25) is 17.6 Å². The number of carbonyl (C=O) groups excluding carboxylic acids is 1. The minimum absolute atomic E-state index is 0.0961. The van der Waals surface area contributed by atoms with E-state index in [1.54, 1.807) is 6.92 Å². The number of aromatic nitrogens is 4. The monoisotopic (exact) mass is 418 g/mol. The van der Waals surface area contributed by atoms with Crippen molar-refractivity contribution in [3.8, 4) is 22.8 Å². The molecule has 0 saturated carbocycles. The Bertz CT molecular complexity index is 1160. The highest BCUT2D eigenvalue weighted by Gasteiger charge is 2.20. The second-order valence-corrected chi connectivity index (χ2v) is 7.32. The third-order valence-electron chi connectivity index (χ3n) is 4.72. The maximum atomic E-state index is 12.2. The van der Waals surface area contributed by atoms with Crippen LogP contribution < -0.4 is 0 Å². The van der Waals surface area contributed by atoms with Gasteiger partial charge in [-0.25, -0.2) is 0 Å². The lowest BCUT2D eigenvalue weighted by Gasteiger charge is -2.08. The van der Waals surface area contributed by atoms with Crippen LogP contribution in [0.2, 0.25) is 0 Å². The van der Waals surface area contributed by atoms with Crippen molar-refractivity contribution in [3.63, 3.8) is 0 Å². The van der Waals surface area contributed by atoms with Crippen LogP contribution in [0.4, 0.5) is 0 Å². The molecule has 0 fully saturated rings. The van der Waals surface area contributed by atoms with Gasteiger partial charge in [0.25, 0.3) is 5.89 Å². The molecule has 158 valence electrons. The lowest BCUT2D eigenvalue weighted by Crippen LogP contribution is -2.10. The average molecular weight is 418 g/mol. The summed E-state index contributed by atoms with van der Waals surface area (Å²) in [6.45, 7) is 5.70. The van der Waals surface area contributed by atoms with Crippen molar-refractivity contribution in [1.29, 1.82) is 0 Å². The first kappa shape index (κ1) is 20.5. The van der Waals surface area contributed by atoms with Gasteiger partial charge in [0.1, 0.15) is 0 Å². The highest BCUT2D eigenvalue weighted by Crippen LogP contribution is 2.23. The highest BCUT2D eigenvalue weighted by molar-refractivity contribution is 5.69. The zero-order valence-electron chi connectivity index (χ0n) is 17.5. The summed E-state index contributed by atoms with van der Waals surface area (Å²) in [6.07, 6.45) is -0.285. The van der Waals surface area contributed by atoms with Gasteiger partial charge >= 0.3 is 5.97 Å². The Hall–Kier alpha value is -3.81. The highest BCUT2D eigenvalue weighted by atomic mass is 16.6. The second kappa shape index (κ2) is 8.91. The van der Waals surface area contributed by atoms with E-state index in [4.69, 9.17) is 13.7 Å². The fourth-order valence-electron chi connectivity index (χ4n) is 2.90. The fraction of sp³-hybridized carbons (Fsp3) is 0.261. The van der Waals surface area contributed by atoms with Crippen molar-refractivity contribution in [3.05, 3.63) is 71.4 Å². The van der Waals surface area contributed by atoms with E-state index >= 15 is 0 Å². The van der Waals surface area contributed by atoms with Crippen LogP contribution in [0.25, 0.3) is 22.8 Å². The summed E-state index contributed by atoms with van der Waals surface area (Å²) in [5.74, 6) is 1.07. The molecule has 0 bridgehead atoms. The third kappa shape index (κ3) is 5.03. The molecule has 0 aliphatic heterocycles. The molecule has 8 nitrogen and oxygen atoms in total. The molecular formula is C23H22N4O4. The average Bonchev–Trinajstić information content (AvgIpc) is 3.44. The molecule has 0 aliphatic carbocycles. The Balaban J connectivity index is 1.31. The summed E-state index contributed by atoms with van der Waals surface area (Å²) in [7, 11) is 0. The Kier molecular flexibility index (Phi) is 5.88. The standard InChI is InChI=1S/C23H22N4O4/c1-14-4-8-17(9-5-14)21-24-19(31-27-21)12-13-20(28)29-16(3)22-25-26-23(30-22)18-10-6-15(2)7-11-18/h4-11,16H,12-13H2,1-3H3. The lowest BCUT2D eigenvalue weighted by atomic mass is 10.1. The summed E-state index contributed by atoms with van der Waals surface area (Å²) in [4.78, 5) is 16.6. The van der Waals surface area contributed by atoms with Crippen molar-refractivity contribution < 1.29 is 18.5 Å². The summed E-state index contributed by atoms with van der Waals surface area (Å²) in [5, 5.41) is 12.0. The van der Waals surface area contributed by atoms with Crippen molar-refractivity contribution in [1.82, 2.24) is 20.3 Å². The van der Waals surface area contributed by atoms with Crippen LogP contribution in [0.3, 0.4) is 0 Å². The van der Waals surface area contributed by atoms with Gasteiger partial charge in [-0.05, 0) is 32.9 Å². The number of hydrogen-bond acceptors (Lipinski definition) is 8. The van der Waals surface area contributed by atoms with Crippen LogP contribution in [0.1, 0.15) is 42.4 Å². The third-order valence-corrected chi connectivity index (χ3v) is 4.72. The van der Waals surface area contributed by atoms with E-state index in [1.165, 1.54) is 0 Å². The molecular weight excluding hydrogens is 396 g/mol. The normalized spacial score (nSPS) is 12.0. The zero-order valence-corrected chi connectivity index (χ0v) is 17.5. The minimum atomic E-state index is -0.662. The van der Waals surface area contributed by atoms with Crippen LogP contribution >= 0.6 is 0 Å². The van der Waals surface area contributed by atoms with Crippen LogP contribution in [-0.2, 0) is 16.0 Å². The summed E-state index contributed by atoms with van der Waals surface area (Å²) >= 11 is 0. The maximum absolute atomic E-state index is 12.2. The molecule has 2 aromatic heterocycles. The Morgan fingerprint density at radius 3 is 2.29 bits per heavy atom. The molecule has 0 spiro atoms. The first-order valence-corrected chi connectivity index (χ1v) is 9.97. The van der Waals surface area contributed by atoms with Gasteiger partial charge in [-0.1, -0.05) is 52.7 Å². The number of benzene rings is 2. The zero-order chi connectivity index (χ0) is 21.8. The van der Waals surface area contributed by atoms with Gasteiger partial charge < -0.3 is 13.7 Å². The molecule has 31 heavy (non-hydrogen) atoms. The van der Waals surface area contributed by atoms with Crippen molar-refractivity contribution >= 4 is 5.97 Å². The Labute approximate surface area is 179 Å². The lowest BCUT2D eigenvalue weighted by molar-refractivity contribution is -0.149. The number of esters is 1. The summed E-state index contributed by atoms with van der Waals surface area (Å²) in [6, 6.07) is 15.5. The molecule has 2 heterocycles. The summed E-state index contributed by atoms with van der Waals surface area (Å²) in [5.41, 5.74) is 3.95. The number of aryl methyl sites for hydroxylation is 3. The van der Waals surface area contributed by atoms with Crippen LogP contribution in [0.5, 0.6) is 0 Å². The Morgan fingerprint density at radius 2 is 1.61 bits per heavy atom. The molecule has 0 saturated heterocycles. The van der Waals surface area contributed by atoms with Gasteiger partial charge in [-0.3, -0.25) is 4.79 Å². The first-order valence-electron chi connectivity index (χ1n) is 9.97.